The van der Waals surface area contributed by atoms with Crippen LogP contribution in [0, 0.1) is 16.7 Å². The van der Waals surface area contributed by atoms with Gasteiger partial charge in [-0.05, 0) is 18.3 Å². The molecule has 0 spiro atoms. The predicted octanol–water partition coefficient (Wildman–Crippen LogP) is 2.07. The highest BCUT2D eigenvalue weighted by molar-refractivity contribution is 4.87. The topological polar surface area (TPSA) is 56.0 Å². The number of nitriles is 1. The molecule has 0 radical (unpaired) electrons. The quantitative estimate of drug-likeness (QED) is 0.708. The minimum Gasteiger partial charge on any atom is -0.396 e. The summed E-state index contributed by atoms with van der Waals surface area (Å²) < 4.78 is 0. The van der Waals surface area contributed by atoms with Gasteiger partial charge in [-0.3, -0.25) is 0 Å². The van der Waals surface area contributed by atoms with Crippen molar-refractivity contribution in [1.82, 2.24) is 5.32 Å². The Bertz CT molecular complexity index is 203. The molecule has 0 aromatic carbocycles. The molecule has 88 valence electrons. The van der Waals surface area contributed by atoms with E-state index >= 15 is 0 Å². The van der Waals surface area contributed by atoms with Crippen LogP contribution in [0.5, 0.6) is 0 Å². The highest BCUT2D eigenvalue weighted by atomic mass is 16.3. The molecule has 0 aromatic heterocycles. The Morgan fingerprint density at radius 3 is 2.33 bits per heavy atom. The van der Waals surface area contributed by atoms with Crippen LogP contribution in [0.3, 0.4) is 0 Å². The van der Waals surface area contributed by atoms with Crippen molar-refractivity contribution < 1.29 is 5.11 Å². The summed E-state index contributed by atoms with van der Waals surface area (Å²) in [6.07, 6.45) is 2.23. The number of hydrogen-bond acceptors (Lipinski definition) is 3. The lowest BCUT2D eigenvalue weighted by Gasteiger charge is -2.34. The first-order valence-electron chi connectivity index (χ1n) is 5.69. The molecule has 0 aliphatic rings. The van der Waals surface area contributed by atoms with Gasteiger partial charge in [-0.1, -0.05) is 27.7 Å². The monoisotopic (exact) mass is 212 g/mol. The Morgan fingerprint density at radius 1 is 1.40 bits per heavy atom. The largest absolute Gasteiger partial charge is 0.396 e. The van der Waals surface area contributed by atoms with Gasteiger partial charge in [0.05, 0.1) is 12.5 Å². The molecule has 2 atom stereocenters. The molecule has 3 nitrogen and oxygen atoms in total. The third-order valence-electron chi connectivity index (χ3n) is 2.73. The Morgan fingerprint density at radius 2 is 2.00 bits per heavy atom. The fourth-order valence-corrected chi connectivity index (χ4v) is 1.61. The number of nitrogens with one attached hydrogen (secondary N) is 1. The molecule has 0 aliphatic heterocycles. The van der Waals surface area contributed by atoms with Crippen molar-refractivity contribution in [3.05, 3.63) is 0 Å². The molecule has 0 aliphatic carbocycles. The highest BCUT2D eigenvalue weighted by Gasteiger charge is 2.25. The molecule has 2 N–H and O–H groups in total. The smallest absolute Gasteiger partial charge is 0.0638 e. The Hall–Kier alpha value is -0.590. The molecule has 15 heavy (non-hydrogen) atoms. The van der Waals surface area contributed by atoms with E-state index in [1.54, 1.807) is 0 Å². The molecule has 2 unspecified atom stereocenters. The van der Waals surface area contributed by atoms with Gasteiger partial charge >= 0.3 is 0 Å². The van der Waals surface area contributed by atoms with Crippen LogP contribution < -0.4 is 5.32 Å². The first-order valence-corrected chi connectivity index (χ1v) is 5.69. The van der Waals surface area contributed by atoms with Crippen LogP contribution in [0.25, 0.3) is 0 Å². The average Bonchev–Trinajstić information content (AvgIpc) is 2.14. The number of hydrogen-bond donors (Lipinski definition) is 2. The van der Waals surface area contributed by atoms with E-state index in [9.17, 15) is 0 Å². The predicted molar refractivity (Wildman–Crippen MR) is 62.4 cm³/mol. The molecule has 0 saturated carbocycles. The summed E-state index contributed by atoms with van der Waals surface area (Å²) in [5.74, 6) is 0. The normalized spacial score (nSPS) is 15.7. The van der Waals surface area contributed by atoms with Crippen LogP contribution in [0.15, 0.2) is 0 Å². The molecule has 0 rings (SSSR count). The standard InChI is InChI=1S/C12H24N2O/c1-5-10(6-8-13)14-11(7-9-15)12(2,3)4/h10-11,14-15H,5-7,9H2,1-4H3. The van der Waals surface area contributed by atoms with Crippen molar-refractivity contribution in [2.75, 3.05) is 6.61 Å². The lowest BCUT2D eigenvalue weighted by molar-refractivity contribution is 0.184. The minimum atomic E-state index is 0.117. The summed E-state index contributed by atoms with van der Waals surface area (Å²) in [5.41, 5.74) is 0.117. The van der Waals surface area contributed by atoms with Gasteiger partial charge in [-0.25, -0.2) is 0 Å². The van der Waals surface area contributed by atoms with Gasteiger partial charge in [0, 0.05) is 18.7 Å². The maximum absolute atomic E-state index is 9.01. The maximum Gasteiger partial charge on any atom is 0.0638 e. The molecular weight excluding hydrogens is 188 g/mol. The van der Waals surface area contributed by atoms with Crippen LogP contribution >= 0.6 is 0 Å². The Kier molecular flexibility index (Phi) is 6.55. The third-order valence-corrected chi connectivity index (χ3v) is 2.73. The first-order chi connectivity index (χ1) is 6.95. The zero-order valence-electron chi connectivity index (χ0n) is 10.4. The first kappa shape index (κ1) is 14.4. The SMILES string of the molecule is CCC(CC#N)NC(CCO)C(C)(C)C. The maximum atomic E-state index is 9.01. The molecule has 0 saturated heterocycles. The van der Waals surface area contributed by atoms with Gasteiger partial charge in [0.15, 0.2) is 0 Å². The van der Waals surface area contributed by atoms with Crippen LogP contribution in [-0.4, -0.2) is 23.8 Å². The van der Waals surface area contributed by atoms with Gasteiger partial charge in [0.25, 0.3) is 0 Å². The van der Waals surface area contributed by atoms with Crippen molar-refractivity contribution in [2.45, 2.75) is 59.0 Å². The van der Waals surface area contributed by atoms with Crippen molar-refractivity contribution in [2.24, 2.45) is 5.41 Å². The summed E-state index contributed by atoms with van der Waals surface area (Å²) in [6.45, 7) is 8.73. The van der Waals surface area contributed by atoms with Gasteiger partial charge in [0.1, 0.15) is 0 Å². The molecule has 3 heteroatoms. The van der Waals surface area contributed by atoms with E-state index in [1.807, 2.05) is 0 Å². The van der Waals surface area contributed by atoms with E-state index in [1.165, 1.54) is 0 Å². The molecular formula is C12H24N2O. The molecule has 0 fully saturated rings. The minimum absolute atomic E-state index is 0.117. The van der Waals surface area contributed by atoms with E-state index in [0.29, 0.717) is 6.42 Å². The molecule has 0 bridgehead atoms. The van der Waals surface area contributed by atoms with Crippen LogP contribution in [0.1, 0.15) is 47.0 Å². The lowest BCUT2D eigenvalue weighted by atomic mass is 9.84. The second-order valence-electron chi connectivity index (χ2n) is 5.06. The van der Waals surface area contributed by atoms with E-state index in [4.69, 9.17) is 10.4 Å². The third kappa shape index (κ3) is 5.76. The van der Waals surface area contributed by atoms with Crippen molar-refractivity contribution >= 4 is 0 Å². The fraction of sp³-hybridized carbons (Fsp3) is 0.917. The number of aliphatic hydroxyl groups is 1. The van der Waals surface area contributed by atoms with Crippen LogP contribution in [-0.2, 0) is 0 Å². The van der Waals surface area contributed by atoms with Gasteiger partial charge in [-0.2, -0.15) is 5.26 Å². The van der Waals surface area contributed by atoms with E-state index in [0.717, 1.165) is 12.8 Å². The van der Waals surface area contributed by atoms with E-state index in [2.05, 4.69) is 39.1 Å². The van der Waals surface area contributed by atoms with Gasteiger partial charge < -0.3 is 10.4 Å². The number of rotatable bonds is 6. The van der Waals surface area contributed by atoms with Gasteiger partial charge in [-0.15, -0.1) is 0 Å². The molecule has 0 heterocycles. The molecule has 0 aromatic rings. The number of aliphatic hydroxyl groups excluding tert-OH is 1. The van der Waals surface area contributed by atoms with Crippen molar-refractivity contribution in [1.29, 1.82) is 5.26 Å². The fourth-order valence-electron chi connectivity index (χ4n) is 1.61. The van der Waals surface area contributed by atoms with Crippen molar-refractivity contribution in [3.63, 3.8) is 0 Å². The number of nitrogens with zero attached hydrogens (tertiary/aromatic N) is 1. The summed E-state index contributed by atoms with van der Waals surface area (Å²) in [6, 6.07) is 2.70. The zero-order valence-corrected chi connectivity index (χ0v) is 10.4. The summed E-state index contributed by atoms with van der Waals surface area (Å²) in [7, 11) is 0. The van der Waals surface area contributed by atoms with Crippen LogP contribution in [0.4, 0.5) is 0 Å². The second kappa shape index (κ2) is 6.81. The average molecular weight is 212 g/mol. The Labute approximate surface area is 93.5 Å². The molecule has 0 amide bonds. The highest BCUT2D eigenvalue weighted by Crippen LogP contribution is 2.22. The summed E-state index contributed by atoms with van der Waals surface area (Å²) >= 11 is 0. The second-order valence-corrected chi connectivity index (χ2v) is 5.06. The lowest BCUT2D eigenvalue weighted by Crippen LogP contribution is -2.46. The van der Waals surface area contributed by atoms with Crippen LogP contribution in [0.2, 0.25) is 0 Å². The van der Waals surface area contributed by atoms with Gasteiger partial charge in [0.2, 0.25) is 0 Å². The zero-order chi connectivity index (χ0) is 11.9. The summed E-state index contributed by atoms with van der Waals surface area (Å²) in [4.78, 5) is 0. The van der Waals surface area contributed by atoms with E-state index < -0.39 is 0 Å². The Balaban J connectivity index is 4.32. The van der Waals surface area contributed by atoms with E-state index in [-0.39, 0.29) is 24.1 Å². The summed E-state index contributed by atoms with van der Waals surface area (Å²) in [5, 5.41) is 21.1. The van der Waals surface area contributed by atoms with Crippen molar-refractivity contribution in [3.8, 4) is 6.07 Å².